The Balaban J connectivity index is 1.73. The topological polar surface area (TPSA) is 54.0 Å². The maximum absolute atomic E-state index is 12.4. The Morgan fingerprint density at radius 2 is 2.10 bits per heavy atom. The fourth-order valence-corrected chi connectivity index (χ4v) is 2.63. The average Bonchev–Trinajstić information content (AvgIpc) is 2.55. The lowest BCUT2D eigenvalue weighted by molar-refractivity contribution is 0.0940. The lowest BCUT2D eigenvalue weighted by Gasteiger charge is -2.19. The van der Waals surface area contributed by atoms with E-state index >= 15 is 0 Å². The number of hydrogen-bond donors (Lipinski definition) is 2. The summed E-state index contributed by atoms with van der Waals surface area (Å²) in [5.74, 6) is -0.0346. The number of carbonyl (C=O) groups is 1. The van der Waals surface area contributed by atoms with Crippen LogP contribution in [-0.4, -0.2) is 17.4 Å². The summed E-state index contributed by atoms with van der Waals surface area (Å²) in [4.78, 5) is 16.4. The number of benzene rings is 1. The van der Waals surface area contributed by atoms with Crippen LogP contribution in [0.25, 0.3) is 0 Å². The van der Waals surface area contributed by atoms with Crippen LogP contribution in [0.15, 0.2) is 42.7 Å². The van der Waals surface area contributed by atoms with Crippen molar-refractivity contribution in [3.8, 4) is 0 Å². The number of pyridine rings is 1. The zero-order valence-electron chi connectivity index (χ0n) is 12.1. The third-order valence-electron chi connectivity index (χ3n) is 3.86. The highest BCUT2D eigenvalue weighted by molar-refractivity contribution is 5.95. The van der Waals surface area contributed by atoms with Crippen LogP contribution < -0.4 is 10.6 Å². The van der Waals surface area contributed by atoms with Crippen molar-refractivity contribution in [2.45, 2.75) is 25.8 Å². The minimum absolute atomic E-state index is 0.0327. The molecule has 1 aromatic carbocycles. The molecule has 1 atom stereocenters. The molecule has 1 aliphatic heterocycles. The predicted octanol–water partition coefficient (Wildman–Crippen LogP) is 2.93. The maximum Gasteiger partial charge on any atom is 0.251 e. The monoisotopic (exact) mass is 281 g/mol. The van der Waals surface area contributed by atoms with Gasteiger partial charge in [-0.2, -0.15) is 0 Å². The summed E-state index contributed by atoms with van der Waals surface area (Å²) in [6.45, 7) is 2.99. The van der Waals surface area contributed by atoms with Crippen molar-refractivity contribution in [1.82, 2.24) is 10.3 Å². The highest BCUT2D eigenvalue weighted by Crippen LogP contribution is 2.23. The molecule has 2 N–H and O–H groups in total. The van der Waals surface area contributed by atoms with Crippen molar-refractivity contribution in [3.05, 3.63) is 59.4 Å². The number of aryl methyl sites for hydroxylation is 1. The molecule has 21 heavy (non-hydrogen) atoms. The number of fused-ring (bicyclic) bond motifs is 1. The number of nitrogens with one attached hydrogen (secondary N) is 2. The van der Waals surface area contributed by atoms with Crippen LogP contribution in [0, 0.1) is 0 Å². The van der Waals surface area contributed by atoms with Gasteiger partial charge in [-0.25, -0.2) is 0 Å². The number of anilines is 1. The van der Waals surface area contributed by atoms with E-state index in [0.717, 1.165) is 36.2 Å². The van der Waals surface area contributed by atoms with Gasteiger partial charge in [0.2, 0.25) is 0 Å². The first kappa shape index (κ1) is 13.6. The molecular weight excluding hydrogens is 262 g/mol. The van der Waals surface area contributed by atoms with E-state index in [4.69, 9.17) is 0 Å². The number of aromatic nitrogens is 1. The van der Waals surface area contributed by atoms with Crippen LogP contribution in [0.2, 0.25) is 0 Å². The summed E-state index contributed by atoms with van der Waals surface area (Å²) < 4.78 is 0. The second-order valence-electron chi connectivity index (χ2n) is 5.38. The van der Waals surface area contributed by atoms with Gasteiger partial charge in [-0.15, -0.1) is 0 Å². The number of nitrogens with zero attached hydrogens (tertiary/aromatic N) is 1. The first-order chi connectivity index (χ1) is 10.2. The molecule has 0 unspecified atom stereocenters. The van der Waals surface area contributed by atoms with E-state index < -0.39 is 0 Å². The highest BCUT2D eigenvalue weighted by Gasteiger charge is 2.14. The molecule has 0 radical (unpaired) electrons. The smallest absolute Gasteiger partial charge is 0.251 e. The van der Waals surface area contributed by atoms with Gasteiger partial charge in [0.15, 0.2) is 0 Å². The van der Waals surface area contributed by atoms with E-state index in [-0.39, 0.29) is 11.9 Å². The molecule has 1 amide bonds. The van der Waals surface area contributed by atoms with Gasteiger partial charge in [0.05, 0.1) is 6.04 Å². The number of rotatable bonds is 3. The van der Waals surface area contributed by atoms with Crippen LogP contribution in [0.5, 0.6) is 0 Å². The Kier molecular flexibility index (Phi) is 3.86. The molecule has 0 spiro atoms. The zero-order valence-corrected chi connectivity index (χ0v) is 12.1. The van der Waals surface area contributed by atoms with Crippen molar-refractivity contribution in [2.24, 2.45) is 0 Å². The standard InChI is InChI=1S/C17H19N3O/c1-12(13-6-9-18-10-7-13)20-17(21)15-4-5-16-14(11-15)3-2-8-19-16/h4-7,9-12,19H,2-3,8H2,1H3,(H,20,21)/t12-/m0/s1. The van der Waals surface area contributed by atoms with Gasteiger partial charge >= 0.3 is 0 Å². The lowest BCUT2D eigenvalue weighted by atomic mass is 10.0. The van der Waals surface area contributed by atoms with Crippen molar-refractivity contribution in [3.63, 3.8) is 0 Å². The summed E-state index contributed by atoms with van der Waals surface area (Å²) in [6.07, 6.45) is 5.62. The van der Waals surface area contributed by atoms with Crippen molar-refractivity contribution >= 4 is 11.6 Å². The maximum atomic E-state index is 12.4. The molecule has 4 heteroatoms. The van der Waals surface area contributed by atoms with Crippen LogP contribution >= 0.6 is 0 Å². The molecule has 0 saturated heterocycles. The van der Waals surface area contributed by atoms with Crippen LogP contribution in [-0.2, 0) is 6.42 Å². The van der Waals surface area contributed by atoms with Crippen LogP contribution in [0.4, 0.5) is 5.69 Å². The molecule has 0 bridgehead atoms. The number of hydrogen-bond acceptors (Lipinski definition) is 3. The van der Waals surface area contributed by atoms with Gasteiger partial charge in [0.25, 0.3) is 5.91 Å². The first-order valence-electron chi connectivity index (χ1n) is 7.31. The zero-order chi connectivity index (χ0) is 14.7. The molecule has 0 saturated carbocycles. The Morgan fingerprint density at radius 3 is 2.90 bits per heavy atom. The van der Waals surface area contributed by atoms with Gasteiger partial charge in [0.1, 0.15) is 0 Å². The molecule has 2 aromatic rings. The van der Waals surface area contributed by atoms with Crippen molar-refractivity contribution < 1.29 is 4.79 Å². The third kappa shape index (κ3) is 3.05. The van der Waals surface area contributed by atoms with Crippen LogP contribution in [0.1, 0.15) is 40.9 Å². The second kappa shape index (κ2) is 5.95. The summed E-state index contributed by atoms with van der Waals surface area (Å²) in [5, 5.41) is 6.39. The average molecular weight is 281 g/mol. The second-order valence-corrected chi connectivity index (χ2v) is 5.38. The Hall–Kier alpha value is -2.36. The van der Waals surface area contributed by atoms with Gasteiger partial charge < -0.3 is 10.6 Å². The first-order valence-corrected chi connectivity index (χ1v) is 7.31. The Morgan fingerprint density at radius 1 is 1.29 bits per heavy atom. The SMILES string of the molecule is C[C@H](NC(=O)c1ccc2c(c1)CCCN2)c1ccncc1. The van der Waals surface area contributed by atoms with Gasteiger partial charge in [0, 0.05) is 30.2 Å². The van der Waals surface area contributed by atoms with E-state index in [2.05, 4.69) is 15.6 Å². The van der Waals surface area contributed by atoms with E-state index in [0.29, 0.717) is 0 Å². The molecule has 108 valence electrons. The summed E-state index contributed by atoms with van der Waals surface area (Å²) in [6, 6.07) is 9.68. The normalized spacial score (nSPS) is 14.7. The minimum atomic E-state index is -0.0346. The van der Waals surface area contributed by atoms with Crippen molar-refractivity contribution in [1.29, 1.82) is 0 Å². The van der Waals surface area contributed by atoms with E-state index in [9.17, 15) is 4.79 Å². The molecule has 3 rings (SSSR count). The summed E-state index contributed by atoms with van der Waals surface area (Å²) in [5.41, 5.74) is 4.15. The molecule has 4 nitrogen and oxygen atoms in total. The molecule has 0 aliphatic carbocycles. The van der Waals surface area contributed by atoms with Gasteiger partial charge in [-0.3, -0.25) is 9.78 Å². The third-order valence-corrected chi connectivity index (χ3v) is 3.86. The Bertz CT molecular complexity index is 640. The predicted molar refractivity (Wildman–Crippen MR) is 83.4 cm³/mol. The fourth-order valence-electron chi connectivity index (χ4n) is 2.63. The minimum Gasteiger partial charge on any atom is -0.385 e. The Labute approximate surface area is 124 Å². The molecule has 0 fully saturated rings. The fraction of sp³-hybridized carbons (Fsp3) is 0.294. The van der Waals surface area contributed by atoms with E-state index in [1.807, 2.05) is 37.3 Å². The number of amides is 1. The van der Waals surface area contributed by atoms with Gasteiger partial charge in [-0.05, 0) is 61.2 Å². The van der Waals surface area contributed by atoms with E-state index in [1.54, 1.807) is 12.4 Å². The van der Waals surface area contributed by atoms with Crippen molar-refractivity contribution in [2.75, 3.05) is 11.9 Å². The molecular formula is C17H19N3O. The molecule has 1 aromatic heterocycles. The lowest BCUT2D eigenvalue weighted by Crippen LogP contribution is -2.27. The summed E-state index contributed by atoms with van der Waals surface area (Å²) >= 11 is 0. The number of carbonyl (C=O) groups excluding carboxylic acids is 1. The molecule has 2 heterocycles. The largest absolute Gasteiger partial charge is 0.385 e. The van der Waals surface area contributed by atoms with Crippen LogP contribution in [0.3, 0.4) is 0 Å². The van der Waals surface area contributed by atoms with Gasteiger partial charge in [-0.1, -0.05) is 0 Å². The highest BCUT2D eigenvalue weighted by atomic mass is 16.1. The molecule has 1 aliphatic rings. The quantitative estimate of drug-likeness (QED) is 0.909. The summed E-state index contributed by atoms with van der Waals surface area (Å²) in [7, 11) is 0. The van der Waals surface area contributed by atoms with E-state index in [1.165, 1.54) is 5.56 Å².